The molecular weight excluding hydrogens is 495 g/mol. The Labute approximate surface area is 182 Å². The first-order valence-corrected chi connectivity index (χ1v) is 11.2. The molecule has 2 N–H and O–H groups in total. The van der Waals surface area contributed by atoms with Gasteiger partial charge >= 0.3 is 0 Å². The molecule has 0 amide bonds. The quantitative estimate of drug-likeness (QED) is 0.345. The second-order valence-corrected chi connectivity index (χ2v) is 9.36. The third-order valence-electron chi connectivity index (χ3n) is 3.82. The summed E-state index contributed by atoms with van der Waals surface area (Å²) in [6.45, 7) is 7.23. The van der Waals surface area contributed by atoms with Gasteiger partial charge in [-0.2, -0.15) is 0 Å². The number of thiazole rings is 1. The molecule has 0 atom stereocenters. The zero-order valence-electron chi connectivity index (χ0n) is 16.2. The summed E-state index contributed by atoms with van der Waals surface area (Å²) >= 11 is 1.67. The van der Waals surface area contributed by atoms with Crippen molar-refractivity contribution in [3.63, 3.8) is 0 Å². The van der Waals surface area contributed by atoms with Crippen LogP contribution in [0.4, 0.5) is 0 Å². The predicted molar refractivity (Wildman–Crippen MR) is 123 cm³/mol. The third kappa shape index (κ3) is 7.04. The summed E-state index contributed by atoms with van der Waals surface area (Å²) < 4.78 is 23.4. The lowest BCUT2D eigenvalue weighted by Crippen LogP contribution is -2.36. The maximum absolute atomic E-state index is 11.7. The summed E-state index contributed by atoms with van der Waals surface area (Å²) in [6.07, 6.45) is 1.22. The Morgan fingerprint density at radius 3 is 2.44 bits per heavy atom. The van der Waals surface area contributed by atoms with Crippen molar-refractivity contribution in [2.24, 2.45) is 4.99 Å². The Balaban J connectivity index is 0.00000364. The number of hydrogen-bond donors (Lipinski definition) is 2. The number of sulfone groups is 1. The lowest BCUT2D eigenvalue weighted by Gasteiger charge is -2.12. The second kappa shape index (κ2) is 10.4. The highest BCUT2D eigenvalue weighted by Crippen LogP contribution is 2.19. The van der Waals surface area contributed by atoms with E-state index in [4.69, 9.17) is 0 Å². The van der Waals surface area contributed by atoms with Crippen molar-refractivity contribution in [3.05, 3.63) is 45.4 Å². The van der Waals surface area contributed by atoms with Crippen molar-refractivity contribution in [1.29, 1.82) is 0 Å². The Morgan fingerprint density at radius 1 is 1.26 bits per heavy atom. The molecule has 1 heterocycles. The van der Waals surface area contributed by atoms with E-state index in [1.807, 2.05) is 19.1 Å². The van der Waals surface area contributed by atoms with Gasteiger partial charge in [0.25, 0.3) is 0 Å². The SMILES string of the molecule is CN=C(NCc1ccc(S(C)(=O)=O)c(C)c1)NCc1csc(C(C)C)n1.I. The van der Waals surface area contributed by atoms with Crippen LogP contribution in [0.25, 0.3) is 0 Å². The van der Waals surface area contributed by atoms with E-state index < -0.39 is 9.84 Å². The summed E-state index contributed by atoms with van der Waals surface area (Å²) in [5, 5.41) is 9.67. The molecule has 0 aliphatic heterocycles. The monoisotopic (exact) mass is 522 g/mol. The molecule has 0 spiro atoms. The van der Waals surface area contributed by atoms with Crippen LogP contribution in [0.1, 0.15) is 41.6 Å². The first-order chi connectivity index (χ1) is 12.2. The number of rotatable bonds is 6. The van der Waals surface area contributed by atoms with Crippen LogP contribution < -0.4 is 10.6 Å². The van der Waals surface area contributed by atoms with E-state index in [0.717, 1.165) is 21.8 Å². The molecule has 0 aliphatic rings. The molecule has 0 saturated carbocycles. The molecule has 6 nitrogen and oxygen atoms in total. The molecule has 1 aromatic heterocycles. The minimum atomic E-state index is -3.19. The van der Waals surface area contributed by atoms with Crippen LogP contribution >= 0.6 is 35.3 Å². The number of nitrogens with one attached hydrogen (secondary N) is 2. The summed E-state index contributed by atoms with van der Waals surface area (Å²) in [5.41, 5.74) is 2.74. The van der Waals surface area contributed by atoms with Gasteiger partial charge in [0.2, 0.25) is 0 Å². The molecule has 0 bridgehead atoms. The summed E-state index contributed by atoms with van der Waals surface area (Å²) in [7, 11) is -1.48. The lowest BCUT2D eigenvalue weighted by molar-refractivity contribution is 0.601. The van der Waals surface area contributed by atoms with Crippen LogP contribution in [0.3, 0.4) is 0 Å². The van der Waals surface area contributed by atoms with Crippen molar-refractivity contribution < 1.29 is 8.42 Å². The molecular formula is C18H27IN4O2S2. The second-order valence-electron chi connectivity index (χ2n) is 6.48. The van der Waals surface area contributed by atoms with E-state index in [9.17, 15) is 8.42 Å². The van der Waals surface area contributed by atoms with Crippen molar-refractivity contribution in [2.45, 2.75) is 44.7 Å². The van der Waals surface area contributed by atoms with Gasteiger partial charge in [0.15, 0.2) is 15.8 Å². The molecule has 9 heteroatoms. The van der Waals surface area contributed by atoms with Crippen molar-refractivity contribution in [2.75, 3.05) is 13.3 Å². The fourth-order valence-corrected chi connectivity index (χ4v) is 4.28. The normalized spacial score (nSPS) is 12.0. The van der Waals surface area contributed by atoms with E-state index in [1.54, 1.807) is 24.5 Å². The lowest BCUT2D eigenvalue weighted by atomic mass is 10.1. The summed E-state index contributed by atoms with van der Waals surface area (Å²) in [6, 6.07) is 5.35. The van der Waals surface area contributed by atoms with Crippen LogP contribution in [-0.4, -0.2) is 32.7 Å². The molecule has 150 valence electrons. The van der Waals surface area contributed by atoms with Crippen molar-refractivity contribution in [1.82, 2.24) is 15.6 Å². The number of hydrogen-bond acceptors (Lipinski definition) is 5. The number of guanidine groups is 1. The Hall–Kier alpha value is -1.20. The van der Waals surface area contributed by atoms with Gasteiger partial charge in [-0.05, 0) is 24.1 Å². The largest absolute Gasteiger partial charge is 0.352 e. The number of benzene rings is 1. The maximum atomic E-state index is 11.7. The number of halogens is 1. The zero-order valence-corrected chi connectivity index (χ0v) is 20.2. The fourth-order valence-electron chi connectivity index (χ4n) is 2.49. The van der Waals surface area contributed by atoms with Crippen molar-refractivity contribution in [3.8, 4) is 0 Å². The topological polar surface area (TPSA) is 83.5 Å². The van der Waals surface area contributed by atoms with Crippen LogP contribution in [0.5, 0.6) is 0 Å². The van der Waals surface area contributed by atoms with E-state index in [1.165, 1.54) is 6.26 Å². The van der Waals surface area contributed by atoms with Crippen LogP contribution in [-0.2, 0) is 22.9 Å². The first kappa shape index (κ1) is 23.8. The van der Waals surface area contributed by atoms with Gasteiger partial charge in [0.1, 0.15) is 0 Å². The van der Waals surface area contributed by atoms with E-state index in [2.05, 4.69) is 39.8 Å². The summed E-state index contributed by atoms with van der Waals surface area (Å²) in [4.78, 5) is 9.18. The Kier molecular flexibility index (Phi) is 9.16. The zero-order chi connectivity index (χ0) is 19.3. The standard InChI is InChI=1S/C18H26N4O2S2.HI/c1-12(2)17-22-15(11-25-17)10-21-18(19-4)20-9-14-6-7-16(13(3)8-14)26(5,23)24;/h6-8,11-12H,9-10H2,1-5H3,(H2,19,20,21);1H. The van der Waals surface area contributed by atoms with Crippen LogP contribution in [0.2, 0.25) is 0 Å². The van der Waals surface area contributed by atoms with E-state index in [-0.39, 0.29) is 24.0 Å². The van der Waals surface area contributed by atoms with Crippen LogP contribution in [0, 0.1) is 6.92 Å². The molecule has 0 fully saturated rings. The smallest absolute Gasteiger partial charge is 0.191 e. The molecule has 0 unspecified atom stereocenters. The van der Waals surface area contributed by atoms with Gasteiger partial charge in [-0.25, -0.2) is 13.4 Å². The van der Waals surface area contributed by atoms with Crippen LogP contribution in [0.15, 0.2) is 33.5 Å². The minimum Gasteiger partial charge on any atom is -0.352 e. The fraction of sp³-hybridized carbons (Fsp3) is 0.444. The third-order valence-corrected chi connectivity index (χ3v) is 6.27. The first-order valence-electron chi connectivity index (χ1n) is 8.39. The molecule has 27 heavy (non-hydrogen) atoms. The highest BCUT2D eigenvalue weighted by molar-refractivity contribution is 14.0. The summed E-state index contributed by atoms with van der Waals surface area (Å²) in [5.74, 6) is 1.11. The maximum Gasteiger partial charge on any atom is 0.191 e. The van der Waals surface area contributed by atoms with Crippen molar-refractivity contribution >= 4 is 51.1 Å². The van der Waals surface area contributed by atoms with Gasteiger partial charge in [-0.3, -0.25) is 4.99 Å². The molecule has 1 aromatic carbocycles. The van der Waals surface area contributed by atoms with Gasteiger partial charge in [0, 0.05) is 31.1 Å². The molecule has 0 radical (unpaired) electrons. The number of nitrogens with zero attached hydrogens (tertiary/aromatic N) is 2. The highest BCUT2D eigenvalue weighted by atomic mass is 127. The average Bonchev–Trinajstić information content (AvgIpc) is 3.03. The van der Waals surface area contributed by atoms with E-state index >= 15 is 0 Å². The number of aliphatic imine (C=N–C) groups is 1. The predicted octanol–water partition coefficient (Wildman–Crippen LogP) is 3.46. The van der Waals surface area contributed by atoms with Gasteiger partial charge in [-0.1, -0.05) is 26.0 Å². The number of aromatic nitrogens is 1. The molecule has 0 aliphatic carbocycles. The highest BCUT2D eigenvalue weighted by Gasteiger charge is 2.11. The Bertz CT molecular complexity index is 893. The van der Waals surface area contributed by atoms with Gasteiger partial charge in [0.05, 0.1) is 22.1 Å². The molecule has 2 aromatic rings. The minimum absolute atomic E-state index is 0. The molecule has 0 saturated heterocycles. The van der Waals surface area contributed by atoms with Gasteiger partial charge in [-0.15, -0.1) is 35.3 Å². The average molecular weight is 522 g/mol. The molecule has 2 rings (SSSR count). The Morgan fingerprint density at radius 2 is 1.93 bits per heavy atom. The number of aryl methyl sites for hydroxylation is 1. The van der Waals surface area contributed by atoms with E-state index in [0.29, 0.717) is 29.9 Å². The van der Waals surface area contributed by atoms with Gasteiger partial charge < -0.3 is 10.6 Å².